The summed E-state index contributed by atoms with van der Waals surface area (Å²) in [6.07, 6.45) is 0. The summed E-state index contributed by atoms with van der Waals surface area (Å²) in [7, 11) is 0. The topological polar surface area (TPSA) is 6.48 Å². The number of benzene rings is 14. The minimum atomic E-state index is -0.773. The second-order valence-electron chi connectivity index (χ2n) is 30.4. The normalized spacial score (nSPS) is 14.2. The van der Waals surface area contributed by atoms with Crippen molar-refractivity contribution in [2.24, 2.45) is 0 Å². The Labute approximate surface area is 598 Å². The summed E-state index contributed by atoms with van der Waals surface area (Å²) < 4.78 is 46.4. The molecule has 0 spiro atoms. The van der Waals surface area contributed by atoms with Gasteiger partial charge in [-0.05, 0) is 169 Å². The highest BCUT2D eigenvalue weighted by Crippen LogP contribution is 2.60. The molecule has 14 aromatic rings. The van der Waals surface area contributed by atoms with Gasteiger partial charge in [-0.25, -0.2) is 0 Å². The molecular formula is C97H81BN2. The highest BCUT2D eigenvalue weighted by molar-refractivity contribution is 7.00. The van der Waals surface area contributed by atoms with Gasteiger partial charge in [0.25, 0.3) is 6.71 Å². The van der Waals surface area contributed by atoms with Crippen molar-refractivity contribution in [1.82, 2.24) is 0 Å². The first-order valence-electron chi connectivity index (χ1n) is 37.7. The molecule has 0 bridgehead atoms. The molecule has 17 rings (SSSR count). The van der Waals surface area contributed by atoms with Crippen molar-refractivity contribution >= 4 is 57.2 Å². The minimum Gasteiger partial charge on any atom is -0.311 e. The van der Waals surface area contributed by atoms with Crippen LogP contribution >= 0.6 is 0 Å². The van der Waals surface area contributed by atoms with E-state index >= 15 is 0 Å². The monoisotopic (exact) mass is 1290 g/mol. The van der Waals surface area contributed by atoms with Gasteiger partial charge in [0.15, 0.2) is 0 Å². The lowest BCUT2D eigenvalue weighted by molar-refractivity contribution is 0.569. The largest absolute Gasteiger partial charge is 0.311 e. The lowest BCUT2D eigenvalue weighted by Gasteiger charge is -2.46. The van der Waals surface area contributed by atoms with E-state index in [-0.39, 0.29) is 46.0 Å². The third-order valence-corrected chi connectivity index (χ3v) is 21.3. The zero-order chi connectivity index (χ0) is 72.6. The molecule has 0 amide bonds. The Morgan fingerprint density at radius 1 is 0.290 bits per heavy atom. The molecule has 0 unspecified atom stereocenters. The van der Waals surface area contributed by atoms with E-state index in [0.717, 1.165) is 106 Å². The molecule has 0 saturated carbocycles. The Bertz CT molecular complexity index is 5640. The molecule has 0 fully saturated rings. The Balaban J connectivity index is 1.08. The van der Waals surface area contributed by atoms with Crippen molar-refractivity contribution in [2.75, 3.05) is 9.80 Å². The minimum absolute atomic E-state index is 0.151. The fourth-order valence-corrected chi connectivity index (χ4v) is 16.3. The van der Waals surface area contributed by atoms with E-state index in [9.17, 15) is 2.74 Å². The van der Waals surface area contributed by atoms with E-state index in [4.69, 9.17) is 4.11 Å². The third kappa shape index (κ3) is 10.3. The number of anilines is 6. The van der Waals surface area contributed by atoms with Crippen molar-refractivity contribution in [3.8, 4) is 77.9 Å². The Morgan fingerprint density at radius 3 is 1.34 bits per heavy atom. The summed E-state index contributed by atoms with van der Waals surface area (Å²) in [5, 5.41) is 0. The number of fused-ring (bicyclic) bond motifs is 7. The average molecular weight is 1290 g/mol. The second-order valence-corrected chi connectivity index (χ2v) is 30.4. The van der Waals surface area contributed by atoms with E-state index in [1.54, 1.807) is 0 Å². The molecule has 0 saturated heterocycles. The van der Waals surface area contributed by atoms with Gasteiger partial charge < -0.3 is 9.80 Å². The fraction of sp³-hybridized carbons (Fsp3) is 0.134. The van der Waals surface area contributed by atoms with Gasteiger partial charge in [-0.1, -0.05) is 353 Å². The predicted octanol–water partition coefficient (Wildman–Crippen LogP) is 24.0. The van der Waals surface area contributed by atoms with Crippen LogP contribution in [0.5, 0.6) is 0 Å². The maximum Gasteiger partial charge on any atom is 0.252 e. The summed E-state index contributed by atoms with van der Waals surface area (Å²) in [6.45, 7) is 20.2. The molecule has 14 aromatic carbocycles. The molecule has 2 nitrogen and oxygen atoms in total. The summed E-state index contributed by atoms with van der Waals surface area (Å²) >= 11 is 0. The summed E-state index contributed by atoms with van der Waals surface area (Å²) in [5.74, 6) is 0. The van der Waals surface area contributed by atoms with E-state index < -0.39 is 18.2 Å². The van der Waals surface area contributed by atoms with Crippen LogP contribution < -0.4 is 26.2 Å². The SMILES string of the molecule is [2H]c1c([2H])c([2H])c(-c2ccc3c(c2)B2c4ccc(-c5cc(C(C)(C)C)cc(C(C)(C)C)c5)cc4N(c4ccc(C(C)(C)C)cc4-c4ccccc4)c4cc(-c5cccc6c5C(c5ccccc5)(c5ccccc5)c5ccccc5-6)cc(c42)N3c2c(-c3ccccc3)cccc2-c2ccccc2)c([2H])c1[2H]. The smallest absolute Gasteiger partial charge is 0.252 e. The van der Waals surface area contributed by atoms with E-state index in [2.05, 4.69) is 363 Å². The van der Waals surface area contributed by atoms with Crippen LogP contribution in [0.1, 0.15) is 108 Å². The molecule has 3 aliphatic rings. The molecule has 100 heavy (non-hydrogen) atoms. The van der Waals surface area contributed by atoms with Gasteiger partial charge in [-0.3, -0.25) is 0 Å². The molecule has 2 heterocycles. The highest BCUT2D eigenvalue weighted by atomic mass is 15.2. The number of hydrogen-bond donors (Lipinski definition) is 0. The number of para-hydroxylation sites is 1. The van der Waals surface area contributed by atoms with Crippen LogP contribution in [0.15, 0.2) is 327 Å². The number of nitrogens with zero attached hydrogens (tertiary/aromatic N) is 2. The Hall–Kier alpha value is -11.3. The van der Waals surface area contributed by atoms with Crippen LogP contribution in [0.25, 0.3) is 77.9 Å². The highest BCUT2D eigenvalue weighted by Gasteiger charge is 2.50. The maximum absolute atomic E-state index is 9.64. The Kier molecular flexibility index (Phi) is 13.6. The van der Waals surface area contributed by atoms with Gasteiger partial charge in [0, 0.05) is 39.4 Å². The third-order valence-electron chi connectivity index (χ3n) is 21.3. The zero-order valence-electron chi connectivity index (χ0n) is 63.3. The lowest BCUT2D eigenvalue weighted by Crippen LogP contribution is -2.61. The van der Waals surface area contributed by atoms with Crippen LogP contribution in [0.4, 0.5) is 34.1 Å². The van der Waals surface area contributed by atoms with Crippen LogP contribution in [0.3, 0.4) is 0 Å². The van der Waals surface area contributed by atoms with Crippen molar-refractivity contribution in [1.29, 1.82) is 0 Å². The van der Waals surface area contributed by atoms with Crippen LogP contribution in [0.2, 0.25) is 0 Å². The maximum atomic E-state index is 9.64. The molecule has 1 aliphatic carbocycles. The molecule has 2 aliphatic heterocycles. The summed E-state index contributed by atoms with van der Waals surface area (Å²) in [5.41, 5.74) is 29.8. The molecule has 0 radical (unpaired) electrons. The van der Waals surface area contributed by atoms with Crippen molar-refractivity contribution in [3.63, 3.8) is 0 Å². The van der Waals surface area contributed by atoms with E-state index in [1.807, 2.05) is 6.07 Å². The quantitative estimate of drug-likeness (QED) is 0.126. The van der Waals surface area contributed by atoms with Crippen LogP contribution in [-0.4, -0.2) is 6.71 Å². The van der Waals surface area contributed by atoms with Crippen molar-refractivity contribution < 1.29 is 6.85 Å². The first-order valence-corrected chi connectivity index (χ1v) is 35.2. The van der Waals surface area contributed by atoms with E-state index in [0.29, 0.717) is 5.56 Å². The van der Waals surface area contributed by atoms with Crippen molar-refractivity contribution in [3.05, 3.63) is 366 Å². The van der Waals surface area contributed by atoms with Crippen LogP contribution in [-0.2, 0) is 21.7 Å². The van der Waals surface area contributed by atoms with Crippen LogP contribution in [0, 0.1) is 0 Å². The average Bonchev–Trinajstić information content (AvgIpc) is 1.67. The molecule has 0 aromatic heterocycles. The van der Waals surface area contributed by atoms with Gasteiger partial charge in [0.2, 0.25) is 0 Å². The first-order chi connectivity index (χ1) is 50.6. The lowest BCUT2D eigenvalue weighted by atomic mass is 9.33. The van der Waals surface area contributed by atoms with Gasteiger partial charge in [-0.15, -0.1) is 0 Å². The van der Waals surface area contributed by atoms with Gasteiger partial charge in [0.05, 0.1) is 23.6 Å². The van der Waals surface area contributed by atoms with E-state index in [1.165, 1.54) is 50.1 Å². The second kappa shape index (κ2) is 24.0. The predicted molar refractivity (Wildman–Crippen MR) is 426 cm³/mol. The van der Waals surface area contributed by atoms with Crippen molar-refractivity contribution in [2.45, 2.75) is 84.0 Å². The summed E-state index contributed by atoms with van der Waals surface area (Å²) in [6, 6.07) is 108. The molecule has 482 valence electrons. The molecule has 3 heteroatoms. The molecule has 0 atom stereocenters. The molecule has 0 N–H and O–H groups in total. The van der Waals surface area contributed by atoms with Gasteiger partial charge in [0.1, 0.15) is 0 Å². The van der Waals surface area contributed by atoms with Gasteiger partial charge >= 0.3 is 0 Å². The number of rotatable bonds is 10. The Morgan fingerprint density at radius 2 is 0.760 bits per heavy atom. The number of hydrogen-bond acceptors (Lipinski definition) is 2. The summed E-state index contributed by atoms with van der Waals surface area (Å²) in [4.78, 5) is 5.11. The van der Waals surface area contributed by atoms with Gasteiger partial charge in [-0.2, -0.15) is 0 Å². The fourth-order valence-electron chi connectivity index (χ4n) is 16.3. The molecular weight excluding hydrogens is 1200 g/mol. The standard InChI is InChI=1S/C97H81BN2/c1-94(2,3)74-52-55-86(82(63-74)67-38-22-13-23-39-67)99-88-59-69(70-56-75(95(4,5)6)62-76(57-70)96(7,8)9)50-53-84(88)98-85-58-68(64-32-16-10-17-33-64)51-54-87(85)100(93-78(65-34-18-11-19-35-65)46-31-47-79(93)66-36-20-12-21-37-66)90-61-71(60-89(99)92(90)98)77-45-30-48-81-80-44-28-29-49-83(80)97(91(77)81,72-40-24-14-25-41-72)73-42-26-15-27-43-73/h10-63H,1-9H3/i10D,16D,17D,32D,33D. The zero-order valence-corrected chi connectivity index (χ0v) is 58.3. The first kappa shape index (κ1) is 56.7.